The van der Waals surface area contributed by atoms with Gasteiger partial charge >= 0.3 is 0 Å². The number of nitrogens with one attached hydrogen (secondary N) is 1. The molecule has 0 fully saturated rings. The first-order valence-electron chi connectivity index (χ1n) is 9.16. The molecule has 0 saturated carbocycles. The van der Waals surface area contributed by atoms with Crippen molar-refractivity contribution in [3.8, 4) is 0 Å². The van der Waals surface area contributed by atoms with E-state index in [1.54, 1.807) is 28.4 Å². The second kappa shape index (κ2) is 7.90. The van der Waals surface area contributed by atoms with Gasteiger partial charge in [0.25, 0.3) is 0 Å². The number of likely N-dealkylation sites (N-methyl/N-ethyl adjacent to an activating group) is 1. The standard InChI is InChI=1S/C19H17Cl2N5S3/c1-25-6-5-11-14(8-25)29-17-15(11)16-23-24-19(26(16)18(22-17)27-2)28-9-10-3-4-12(20)13(21)7-10/h3-4,7H,5-6,8-9H2,1-2H3/p+1. The molecule has 0 radical (unpaired) electrons. The van der Waals surface area contributed by atoms with E-state index in [9.17, 15) is 0 Å². The monoisotopic (exact) mass is 482 g/mol. The van der Waals surface area contributed by atoms with Gasteiger partial charge in [-0.25, -0.2) is 9.38 Å². The zero-order chi connectivity index (χ0) is 20.1. The highest BCUT2D eigenvalue weighted by atomic mass is 35.5. The molecule has 1 N–H and O–H groups in total. The molecule has 1 aliphatic rings. The molecule has 1 aliphatic heterocycles. The molecule has 3 aromatic heterocycles. The van der Waals surface area contributed by atoms with E-state index in [0.717, 1.165) is 51.6 Å². The number of nitrogens with zero attached hydrogens (tertiary/aromatic N) is 4. The number of benzene rings is 1. The predicted molar refractivity (Wildman–Crippen MR) is 123 cm³/mol. The van der Waals surface area contributed by atoms with E-state index in [1.165, 1.54) is 15.8 Å². The number of fused-ring (bicyclic) bond motifs is 5. The van der Waals surface area contributed by atoms with Crippen LogP contribution in [0.15, 0.2) is 28.5 Å². The van der Waals surface area contributed by atoms with Crippen LogP contribution in [0.2, 0.25) is 10.0 Å². The van der Waals surface area contributed by atoms with Crippen LogP contribution in [-0.4, -0.2) is 39.4 Å². The number of quaternary nitrogens is 1. The smallest absolute Gasteiger partial charge is 0.198 e. The summed E-state index contributed by atoms with van der Waals surface area (Å²) in [4.78, 5) is 9.03. The third-order valence-electron chi connectivity index (χ3n) is 5.12. The fourth-order valence-corrected chi connectivity index (χ4v) is 6.84. The molecular formula is C19H18Cl2N5S3+. The first kappa shape index (κ1) is 19.9. The molecule has 4 aromatic rings. The first-order valence-corrected chi connectivity index (χ1v) is 12.9. The first-order chi connectivity index (χ1) is 14.0. The van der Waals surface area contributed by atoms with Crippen LogP contribution in [-0.2, 0) is 18.7 Å². The normalized spacial score (nSPS) is 16.6. The fourth-order valence-electron chi connectivity index (χ4n) is 3.66. The van der Waals surface area contributed by atoms with Crippen molar-refractivity contribution < 1.29 is 4.90 Å². The van der Waals surface area contributed by atoms with Gasteiger partial charge in [-0.05, 0) is 29.5 Å². The number of halogens is 2. The number of aromatic nitrogens is 4. The Labute approximate surface area is 190 Å². The highest BCUT2D eigenvalue weighted by molar-refractivity contribution is 7.99. The lowest BCUT2D eigenvalue weighted by Gasteiger charge is -2.19. The number of hydrogen-bond acceptors (Lipinski definition) is 6. The molecule has 1 unspecified atom stereocenters. The van der Waals surface area contributed by atoms with Gasteiger partial charge in [0, 0.05) is 12.2 Å². The summed E-state index contributed by atoms with van der Waals surface area (Å²) in [6, 6.07) is 5.72. The van der Waals surface area contributed by atoms with Crippen molar-refractivity contribution in [3.05, 3.63) is 44.2 Å². The van der Waals surface area contributed by atoms with Crippen LogP contribution < -0.4 is 4.90 Å². The van der Waals surface area contributed by atoms with Gasteiger partial charge in [0.05, 0.1) is 33.9 Å². The Morgan fingerprint density at radius 3 is 2.86 bits per heavy atom. The lowest BCUT2D eigenvalue weighted by Crippen LogP contribution is -3.08. The molecule has 5 rings (SSSR count). The number of rotatable bonds is 4. The van der Waals surface area contributed by atoms with E-state index in [0.29, 0.717) is 10.0 Å². The quantitative estimate of drug-likeness (QED) is 0.348. The van der Waals surface area contributed by atoms with E-state index >= 15 is 0 Å². The minimum absolute atomic E-state index is 0.569. The maximum absolute atomic E-state index is 6.16. The van der Waals surface area contributed by atoms with Gasteiger partial charge in [-0.1, -0.05) is 52.8 Å². The molecule has 1 aromatic carbocycles. The highest BCUT2D eigenvalue weighted by Gasteiger charge is 2.26. The van der Waals surface area contributed by atoms with Crippen LogP contribution in [0, 0.1) is 0 Å². The molecule has 0 spiro atoms. The molecule has 0 saturated heterocycles. The van der Waals surface area contributed by atoms with E-state index < -0.39 is 0 Å². The van der Waals surface area contributed by atoms with Crippen molar-refractivity contribution in [2.45, 2.75) is 29.0 Å². The molecule has 1 atom stereocenters. The van der Waals surface area contributed by atoms with Crippen LogP contribution in [0.5, 0.6) is 0 Å². The Balaban J connectivity index is 1.58. The van der Waals surface area contributed by atoms with Crippen molar-refractivity contribution in [1.29, 1.82) is 0 Å². The largest absolute Gasteiger partial charge is 0.333 e. The lowest BCUT2D eigenvalue weighted by atomic mass is 10.1. The Hall–Kier alpha value is -1.03. The minimum atomic E-state index is 0.569. The average Bonchev–Trinajstić information content (AvgIpc) is 3.28. The van der Waals surface area contributed by atoms with E-state index in [4.69, 9.17) is 28.2 Å². The van der Waals surface area contributed by atoms with Crippen molar-refractivity contribution >= 4 is 73.9 Å². The highest BCUT2D eigenvalue weighted by Crippen LogP contribution is 2.37. The summed E-state index contributed by atoms with van der Waals surface area (Å²) >= 11 is 17.3. The number of thiophene rings is 1. The molecule has 150 valence electrons. The molecule has 0 amide bonds. The van der Waals surface area contributed by atoms with E-state index in [2.05, 4.69) is 21.6 Å². The summed E-state index contributed by atoms with van der Waals surface area (Å²) in [5.74, 6) is 0.736. The molecular weight excluding hydrogens is 465 g/mol. The van der Waals surface area contributed by atoms with Crippen LogP contribution >= 0.6 is 58.1 Å². The molecule has 10 heteroatoms. The van der Waals surface area contributed by atoms with Crippen LogP contribution in [0.25, 0.3) is 15.9 Å². The topological polar surface area (TPSA) is 47.5 Å². The molecule has 5 nitrogen and oxygen atoms in total. The van der Waals surface area contributed by atoms with Gasteiger partial charge in [-0.2, -0.15) is 0 Å². The van der Waals surface area contributed by atoms with Crippen molar-refractivity contribution in [1.82, 2.24) is 19.6 Å². The lowest BCUT2D eigenvalue weighted by molar-refractivity contribution is -0.895. The van der Waals surface area contributed by atoms with Gasteiger partial charge in [-0.3, -0.25) is 0 Å². The summed E-state index contributed by atoms with van der Waals surface area (Å²) in [5.41, 5.74) is 3.43. The van der Waals surface area contributed by atoms with Crippen LogP contribution in [0.3, 0.4) is 0 Å². The Bertz CT molecular complexity index is 1240. The summed E-state index contributed by atoms with van der Waals surface area (Å²) in [5, 5.41) is 13.2. The predicted octanol–water partition coefficient (Wildman–Crippen LogP) is 4.23. The Kier molecular flexibility index (Phi) is 5.43. The Morgan fingerprint density at radius 1 is 1.21 bits per heavy atom. The zero-order valence-electron chi connectivity index (χ0n) is 15.8. The zero-order valence-corrected chi connectivity index (χ0v) is 19.8. The van der Waals surface area contributed by atoms with Crippen LogP contribution in [0.4, 0.5) is 0 Å². The van der Waals surface area contributed by atoms with Crippen molar-refractivity contribution in [2.24, 2.45) is 0 Å². The maximum atomic E-state index is 6.16. The van der Waals surface area contributed by atoms with Gasteiger partial charge in [0.15, 0.2) is 16.0 Å². The maximum Gasteiger partial charge on any atom is 0.198 e. The summed E-state index contributed by atoms with van der Waals surface area (Å²) in [7, 11) is 2.25. The Morgan fingerprint density at radius 2 is 2.07 bits per heavy atom. The second-order valence-electron chi connectivity index (χ2n) is 7.10. The van der Waals surface area contributed by atoms with Crippen molar-refractivity contribution in [2.75, 3.05) is 19.8 Å². The van der Waals surface area contributed by atoms with E-state index in [1.807, 2.05) is 35.8 Å². The van der Waals surface area contributed by atoms with E-state index in [-0.39, 0.29) is 0 Å². The van der Waals surface area contributed by atoms with Gasteiger partial charge < -0.3 is 4.90 Å². The fraction of sp³-hybridized carbons (Fsp3) is 0.316. The SMILES string of the molecule is CSc1nc2sc3c(c2c2nnc(SCc4ccc(Cl)c(Cl)c4)n12)CC[NH+](C)C3. The minimum Gasteiger partial charge on any atom is -0.333 e. The van der Waals surface area contributed by atoms with Gasteiger partial charge in [0.1, 0.15) is 11.4 Å². The molecule has 4 heterocycles. The van der Waals surface area contributed by atoms with Gasteiger partial charge in [-0.15, -0.1) is 21.5 Å². The molecule has 0 aliphatic carbocycles. The van der Waals surface area contributed by atoms with Crippen molar-refractivity contribution in [3.63, 3.8) is 0 Å². The van der Waals surface area contributed by atoms with Crippen LogP contribution in [0.1, 0.15) is 16.0 Å². The third-order valence-corrected chi connectivity index (χ3v) is 8.62. The summed E-state index contributed by atoms with van der Waals surface area (Å²) in [6.07, 6.45) is 3.11. The molecule has 29 heavy (non-hydrogen) atoms. The third kappa shape index (κ3) is 3.54. The average molecular weight is 483 g/mol. The summed E-state index contributed by atoms with van der Waals surface area (Å²) < 4.78 is 2.10. The number of thioether (sulfide) groups is 2. The number of hydrogen-bond donors (Lipinski definition) is 1. The second-order valence-corrected chi connectivity index (χ2v) is 10.7. The molecule has 0 bridgehead atoms. The summed E-state index contributed by atoms with van der Waals surface area (Å²) in [6.45, 7) is 2.20. The van der Waals surface area contributed by atoms with Gasteiger partial charge in [0.2, 0.25) is 0 Å².